The van der Waals surface area contributed by atoms with E-state index in [4.69, 9.17) is 4.74 Å². The van der Waals surface area contributed by atoms with Crippen LogP contribution in [0.4, 0.5) is 0 Å². The molecule has 22 heavy (non-hydrogen) atoms. The molecular weight excluding hydrogens is 278 g/mol. The molecule has 2 heterocycles. The Morgan fingerprint density at radius 2 is 1.59 bits per heavy atom. The zero-order chi connectivity index (χ0) is 17.1. The molecule has 0 saturated carbocycles. The lowest BCUT2D eigenvalue weighted by Crippen LogP contribution is -2.51. The Balaban J connectivity index is 2.36. The molecule has 2 saturated heterocycles. The molecule has 4 nitrogen and oxygen atoms in total. The maximum atomic E-state index is 13.0. The highest BCUT2D eigenvalue weighted by molar-refractivity contribution is 5.94. The first-order valence-electron chi connectivity index (χ1n) is 8.27. The largest absolute Gasteiger partial charge is 0.370 e. The van der Waals surface area contributed by atoms with Crippen LogP contribution >= 0.6 is 0 Å². The van der Waals surface area contributed by atoms with Crippen LogP contribution in [0.2, 0.25) is 0 Å². The van der Waals surface area contributed by atoms with Crippen molar-refractivity contribution in [2.75, 3.05) is 6.54 Å². The lowest BCUT2D eigenvalue weighted by molar-refractivity contribution is -0.148. The highest BCUT2D eigenvalue weighted by Gasteiger charge is 2.57. The van der Waals surface area contributed by atoms with E-state index in [2.05, 4.69) is 13.8 Å². The first-order valence-corrected chi connectivity index (χ1v) is 8.27. The summed E-state index contributed by atoms with van der Waals surface area (Å²) in [6.07, 6.45) is 0.815. The molecule has 126 valence electrons. The number of hydrogen-bond donors (Lipinski definition) is 0. The molecule has 1 unspecified atom stereocenters. The highest BCUT2D eigenvalue weighted by Crippen LogP contribution is 2.45. The van der Waals surface area contributed by atoms with Crippen LogP contribution in [0.1, 0.15) is 61.8 Å². The molecule has 0 aromatic rings. The van der Waals surface area contributed by atoms with Gasteiger partial charge in [0.25, 0.3) is 0 Å². The van der Waals surface area contributed by atoms with E-state index in [0.717, 1.165) is 6.42 Å². The van der Waals surface area contributed by atoms with Crippen LogP contribution in [0.5, 0.6) is 0 Å². The van der Waals surface area contributed by atoms with Gasteiger partial charge >= 0.3 is 0 Å². The molecule has 0 aromatic heterocycles. The summed E-state index contributed by atoms with van der Waals surface area (Å²) < 4.78 is 6.11. The average Bonchev–Trinajstić information content (AvgIpc) is 2.75. The molecule has 4 heteroatoms. The Morgan fingerprint density at radius 3 is 2.05 bits per heavy atom. The molecule has 2 fully saturated rings. The van der Waals surface area contributed by atoms with Gasteiger partial charge in [0, 0.05) is 23.3 Å². The molecule has 2 aliphatic heterocycles. The van der Waals surface area contributed by atoms with Crippen LogP contribution in [0.3, 0.4) is 0 Å². The van der Waals surface area contributed by atoms with Crippen molar-refractivity contribution in [1.82, 2.24) is 4.90 Å². The molecule has 1 amide bonds. The summed E-state index contributed by atoms with van der Waals surface area (Å²) in [7, 11) is 0. The Morgan fingerprint density at radius 1 is 1.05 bits per heavy atom. The summed E-state index contributed by atoms with van der Waals surface area (Å²) in [6.45, 7) is 16.2. The van der Waals surface area contributed by atoms with E-state index in [0.29, 0.717) is 6.54 Å². The van der Waals surface area contributed by atoms with Crippen LogP contribution in [0.15, 0.2) is 0 Å². The molecule has 2 aliphatic rings. The minimum atomic E-state index is -0.482. The molecule has 0 spiro atoms. The van der Waals surface area contributed by atoms with E-state index in [9.17, 15) is 9.59 Å². The van der Waals surface area contributed by atoms with E-state index in [1.807, 2.05) is 41.5 Å². The van der Waals surface area contributed by atoms with Crippen molar-refractivity contribution in [1.29, 1.82) is 0 Å². The maximum absolute atomic E-state index is 13.0. The third-order valence-corrected chi connectivity index (χ3v) is 4.70. The van der Waals surface area contributed by atoms with Gasteiger partial charge in [0.2, 0.25) is 5.91 Å². The van der Waals surface area contributed by atoms with Gasteiger partial charge in [-0.2, -0.15) is 0 Å². The second-order valence-electron chi connectivity index (χ2n) is 9.55. The molecule has 3 atom stereocenters. The Hall–Kier alpha value is -0.900. The van der Waals surface area contributed by atoms with Crippen molar-refractivity contribution in [3.05, 3.63) is 0 Å². The van der Waals surface area contributed by atoms with Gasteiger partial charge < -0.3 is 9.64 Å². The monoisotopic (exact) mass is 309 g/mol. The number of hydrogen-bond acceptors (Lipinski definition) is 3. The fourth-order valence-corrected chi connectivity index (χ4v) is 3.69. The zero-order valence-electron chi connectivity index (χ0n) is 15.3. The van der Waals surface area contributed by atoms with Gasteiger partial charge in [-0.15, -0.1) is 0 Å². The van der Waals surface area contributed by atoms with Gasteiger partial charge in [0.05, 0.1) is 17.7 Å². The summed E-state index contributed by atoms with van der Waals surface area (Å²) in [5.41, 5.74) is -1.14. The molecule has 0 radical (unpaired) electrons. The molecule has 2 rings (SSSR count). The number of ketones is 1. The predicted octanol–water partition coefficient (Wildman–Crippen LogP) is 3.04. The SMILES string of the molecule is CC1(C)C[C@@H]2C(C(=O)C(C)(C)C)N(C(=O)C(C)(C)C)C[C@@H]2O1. The van der Waals surface area contributed by atoms with Gasteiger partial charge in [-0.05, 0) is 20.3 Å². The smallest absolute Gasteiger partial charge is 0.228 e. The normalized spacial score (nSPS) is 31.3. The summed E-state index contributed by atoms with van der Waals surface area (Å²) in [6, 6.07) is -0.349. The average molecular weight is 309 g/mol. The van der Waals surface area contributed by atoms with E-state index in [1.165, 1.54) is 0 Å². The van der Waals surface area contributed by atoms with E-state index < -0.39 is 10.8 Å². The van der Waals surface area contributed by atoms with Gasteiger partial charge in [-0.3, -0.25) is 9.59 Å². The summed E-state index contributed by atoms with van der Waals surface area (Å²) in [5.74, 6) is 0.317. The van der Waals surface area contributed by atoms with Crippen molar-refractivity contribution in [3.63, 3.8) is 0 Å². The number of ether oxygens (including phenoxy) is 1. The number of carbonyl (C=O) groups is 2. The Labute approximate surface area is 134 Å². The van der Waals surface area contributed by atoms with Gasteiger partial charge in [-0.1, -0.05) is 41.5 Å². The molecule has 0 bridgehead atoms. The Bertz CT molecular complexity index is 482. The molecule has 0 aromatic carbocycles. The highest BCUT2D eigenvalue weighted by atomic mass is 16.5. The van der Waals surface area contributed by atoms with Gasteiger partial charge in [0.1, 0.15) is 0 Å². The lowest BCUT2D eigenvalue weighted by atomic mass is 9.79. The van der Waals surface area contributed by atoms with Gasteiger partial charge in [-0.25, -0.2) is 0 Å². The number of amides is 1. The third kappa shape index (κ3) is 3.08. The summed E-state index contributed by atoms with van der Waals surface area (Å²) >= 11 is 0. The van der Waals surface area contributed by atoms with E-state index in [1.54, 1.807) is 4.90 Å². The molecule has 0 aliphatic carbocycles. The second-order valence-corrected chi connectivity index (χ2v) is 9.55. The standard InChI is InChI=1S/C18H31NO3/c1-16(2,3)14(20)13-11-9-18(7,8)22-12(11)10-19(13)15(21)17(4,5)6/h11-13H,9-10H2,1-8H3/t11-,12-,13?/m0/s1. The number of rotatable bonds is 1. The van der Waals surface area contributed by atoms with Crippen LogP contribution < -0.4 is 0 Å². The fraction of sp³-hybridized carbons (Fsp3) is 0.889. The van der Waals surface area contributed by atoms with Crippen molar-refractivity contribution in [3.8, 4) is 0 Å². The second kappa shape index (κ2) is 5.05. The van der Waals surface area contributed by atoms with E-state index >= 15 is 0 Å². The summed E-state index contributed by atoms with van der Waals surface area (Å²) in [5, 5.41) is 0. The van der Waals surface area contributed by atoms with Crippen LogP contribution in [-0.2, 0) is 14.3 Å². The predicted molar refractivity (Wildman–Crippen MR) is 86.5 cm³/mol. The van der Waals surface area contributed by atoms with Crippen molar-refractivity contribution >= 4 is 11.7 Å². The fourth-order valence-electron chi connectivity index (χ4n) is 3.69. The van der Waals surface area contributed by atoms with Crippen LogP contribution in [0.25, 0.3) is 0 Å². The first-order chi connectivity index (χ1) is 9.74. The zero-order valence-corrected chi connectivity index (χ0v) is 15.3. The van der Waals surface area contributed by atoms with Crippen molar-refractivity contribution < 1.29 is 14.3 Å². The van der Waals surface area contributed by atoms with Crippen molar-refractivity contribution in [2.45, 2.75) is 79.6 Å². The summed E-state index contributed by atoms with van der Waals surface area (Å²) in [4.78, 5) is 27.6. The number of nitrogens with zero attached hydrogens (tertiary/aromatic N) is 1. The minimum absolute atomic E-state index is 0.0161. The Kier molecular flexibility index (Phi) is 4.01. The third-order valence-electron chi connectivity index (χ3n) is 4.70. The maximum Gasteiger partial charge on any atom is 0.228 e. The number of fused-ring (bicyclic) bond motifs is 1. The minimum Gasteiger partial charge on any atom is -0.370 e. The topological polar surface area (TPSA) is 46.6 Å². The van der Waals surface area contributed by atoms with Gasteiger partial charge in [0.15, 0.2) is 5.78 Å². The first kappa shape index (κ1) is 17.5. The van der Waals surface area contributed by atoms with Crippen LogP contribution in [-0.4, -0.2) is 40.9 Å². The van der Waals surface area contributed by atoms with Crippen LogP contribution in [0, 0.1) is 16.7 Å². The van der Waals surface area contributed by atoms with Crippen molar-refractivity contribution in [2.24, 2.45) is 16.7 Å². The van der Waals surface area contributed by atoms with E-state index in [-0.39, 0.29) is 35.4 Å². The lowest BCUT2D eigenvalue weighted by Gasteiger charge is -2.35. The quantitative estimate of drug-likeness (QED) is 0.748. The number of Topliss-reactive ketones (excluding diaryl/α,β-unsaturated/α-hetero) is 1. The molecular formula is C18H31NO3. The number of carbonyl (C=O) groups excluding carboxylic acids is 2. The molecule has 0 N–H and O–H groups in total. The number of likely N-dealkylation sites (tertiary alicyclic amines) is 1.